The maximum atomic E-state index is 13.7. The normalized spacial score (nSPS) is 30.9. The van der Waals surface area contributed by atoms with Gasteiger partial charge >= 0.3 is 12.0 Å². The fourth-order valence-electron chi connectivity index (χ4n) is 6.65. The lowest BCUT2D eigenvalue weighted by Gasteiger charge is -2.40. The van der Waals surface area contributed by atoms with E-state index in [0.717, 1.165) is 11.3 Å². The molecule has 176 valence electrons. The summed E-state index contributed by atoms with van der Waals surface area (Å²) in [6.45, 7) is 0. The van der Waals surface area contributed by atoms with Crippen LogP contribution in [0.3, 0.4) is 0 Å². The first kappa shape index (κ1) is 22.6. The first-order valence-corrected chi connectivity index (χ1v) is 12.4. The fraction of sp³-hybridized carbons (Fsp3) is 0.360. The third-order valence-electron chi connectivity index (χ3n) is 7.65. The monoisotopic (exact) mass is 479 g/mol. The van der Waals surface area contributed by atoms with E-state index in [2.05, 4.69) is 16.0 Å². The van der Waals surface area contributed by atoms with Crippen molar-refractivity contribution < 1.29 is 23.9 Å². The molecule has 8 nitrogen and oxygen atoms in total. The molecule has 3 N–H and O–H groups in total. The Labute approximate surface area is 201 Å². The smallest absolute Gasteiger partial charge is 0.328 e. The first-order valence-electron chi connectivity index (χ1n) is 11.0. The Morgan fingerprint density at radius 2 is 1.50 bits per heavy atom. The maximum Gasteiger partial charge on any atom is 0.328 e. The molecule has 0 bridgehead atoms. The second-order valence-electron chi connectivity index (χ2n) is 8.83. The average Bonchev–Trinajstić information content (AvgIpc) is 3.41. The van der Waals surface area contributed by atoms with Crippen molar-refractivity contribution >= 4 is 35.6 Å². The lowest BCUT2D eigenvalue weighted by molar-refractivity contribution is -0.146. The van der Waals surface area contributed by atoms with E-state index in [1.807, 2.05) is 66.9 Å². The Hall–Kier alpha value is -3.17. The molecule has 2 aliphatic heterocycles. The lowest BCUT2D eigenvalue weighted by atomic mass is 9.69. The molecule has 5 rings (SSSR count). The summed E-state index contributed by atoms with van der Waals surface area (Å²) < 4.78 is 5.28. The number of urea groups is 1. The van der Waals surface area contributed by atoms with Crippen LogP contribution in [0.25, 0.3) is 0 Å². The number of piperidine rings is 1. The molecule has 1 spiro atoms. The molecule has 0 radical (unpaired) electrons. The number of thioether (sulfide) groups is 1. The SMILES string of the molecule is COC(=O)[C@@H]1[C@@]2(c3ccccc3)[C@@H](CCSC)NC3(C(=O)NC(=O)NC3=O)[C@@]12c1ccccc1. The number of rotatable bonds is 6. The molecule has 0 unspecified atom stereocenters. The van der Waals surface area contributed by atoms with E-state index in [9.17, 15) is 19.2 Å². The van der Waals surface area contributed by atoms with Crippen LogP contribution in [0.15, 0.2) is 60.7 Å². The van der Waals surface area contributed by atoms with Crippen molar-refractivity contribution in [2.24, 2.45) is 5.92 Å². The van der Waals surface area contributed by atoms with E-state index in [0.29, 0.717) is 12.0 Å². The van der Waals surface area contributed by atoms with Crippen LogP contribution in [0, 0.1) is 5.92 Å². The number of hydrogen-bond acceptors (Lipinski definition) is 7. The predicted molar refractivity (Wildman–Crippen MR) is 126 cm³/mol. The number of benzene rings is 2. The van der Waals surface area contributed by atoms with Gasteiger partial charge in [-0.05, 0) is 29.6 Å². The number of carbonyl (C=O) groups excluding carboxylic acids is 4. The van der Waals surface area contributed by atoms with Crippen LogP contribution in [0.1, 0.15) is 17.5 Å². The van der Waals surface area contributed by atoms with Crippen LogP contribution >= 0.6 is 11.8 Å². The third kappa shape index (κ3) is 2.54. The van der Waals surface area contributed by atoms with Gasteiger partial charge in [0, 0.05) is 11.5 Å². The number of nitrogens with one attached hydrogen (secondary N) is 3. The fourth-order valence-corrected chi connectivity index (χ4v) is 7.13. The highest BCUT2D eigenvalue weighted by Gasteiger charge is 2.96. The minimum atomic E-state index is -1.89. The van der Waals surface area contributed by atoms with Crippen LogP contribution in [-0.2, 0) is 30.0 Å². The van der Waals surface area contributed by atoms with Gasteiger partial charge in [-0.15, -0.1) is 0 Å². The molecule has 2 heterocycles. The molecule has 1 aliphatic carbocycles. The van der Waals surface area contributed by atoms with E-state index < -0.39 is 52.1 Å². The summed E-state index contributed by atoms with van der Waals surface area (Å²) in [4.78, 5) is 52.9. The highest BCUT2D eigenvalue weighted by molar-refractivity contribution is 7.98. The Morgan fingerprint density at radius 1 is 0.941 bits per heavy atom. The summed E-state index contributed by atoms with van der Waals surface area (Å²) in [5.74, 6) is -2.11. The van der Waals surface area contributed by atoms with Crippen molar-refractivity contribution in [2.75, 3.05) is 19.1 Å². The molecule has 0 aromatic heterocycles. The Kier molecular flexibility index (Phi) is 5.29. The number of carbonyl (C=O) groups is 4. The molecule has 3 fully saturated rings. The van der Waals surface area contributed by atoms with E-state index in [1.54, 1.807) is 11.8 Å². The van der Waals surface area contributed by atoms with Crippen molar-refractivity contribution in [1.82, 2.24) is 16.0 Å². The summed E-state index contributed by atoms with van der Waals surface area (Å²) in [5, 5.41) is 7.93. The van der Waals surface area contributed by atoms with Gasteiger partial charge in [-0.25, -0.2) is 4.79 Å². The molecule has 4 amide bonds. The molecule has 2 aromatic rings. The van der Waals surface area contributed by atoms with Gasteiger partial charge in [0.25, 0.3) is 11.8 Å². The predicted octanol–water partition coefficient (Wildman–Crippen LogP) is 1.49. The van der Waals surface area contributed by atoms with Crippen molar-refractivity contribution in [3.63, 3.8) is 0 Å². The highest BCUT2D eigenvalue weighted by atomic mass is 32.2. The van der Waals surface area contributed by atoms with Crippen molar-refractivity contribution in [3.8, 4) is 0 Å². The van der Waals surface area contributed by atoms with Gasteiger partial charge in [0.2, 0.25) is 0 Å². The minimum absolute atomic E-state index is 0.420. The second-order valence-corrected chi connectivity index (χ2v) is 9.82. The zero-order valence-electron chi connectivity index (χ0n) is 18.8. The van der Waals surface area contributed by atoms with E-state index in [-0.39, 0.29) is 0 Å². The van der Waals surface area contributed by atoms with E-state index >= 15 is 0 Å². The number of fused-ring (bicyclic) bond motifs is 2. The maximum absolute atomic E-state index is 13.7. The van der Waals surface area contributed by atoms with Crippen LogP contribution in [0.5, 0.6) is 0 Å². The lowest BCUT2D eigenvalue weighted by Crippen LogP contribution is -2.76. The van der Waals surface area contributed by atoms with Gasteiger partial charge in [-0.2, -0.15) is 11.8 Å². The number of amides is 4. The summed E-state index contributed by atoms with van der Waals surface area (Å²) in [6, 6.07) is 17.3. The van der Waals surface area contributed by atoms with Gasteiger partial charge in [0.15, 0.2) is 5.54 Å². The van der Waals surface area contributed by atoms with Crippen molar-refractivity contribution in [2.45, 2.75) is 28.8 Å². The van der Waals surface area contributed by atoms with E-state index in [1.165, 1.54) is 7.11 Å². The second kappa shape index (κ2) is 7.95. The number of methoxy groups -OCH3 is 1. The van der Waals surface area contributed by atoms with Gasteiger partial charge < -0.3 is 4.74 Å². The van der Waals surface area contributed by atoms with Crippen LogP contribution in [0.4, 0.5) is 4.79 Å². The molecule has 2 saturated heterocycles. The first-order chi connectivity index (χ1) is 16.4. The van der Waals surface area contributed by atoms with Gasteiger partial charge in [0.1, 0.15) is 0 Å². The zero-order chi connectivity index (χ0) is 24.1. The number of esters is 1. The summed E-state index contributed by atoms with van der Waals surface area (Å²) in [6.07, 6.45) is 2.57. The Balaban J connectivity index is 1.88. The van der Waals surface area contributed by atoms with Crippen LogP contribution in [-0.4, -0.2) is 54.5 Å². The molecule has 34 heavy (non-hydrogen) atoms. The Bertz CT molecular complexity index is 1150. The van der Waals surface area contributed by atoms with Gasteiger partial charge in [0.05, 0.1) is 18.4 Å². The zero-order valence-corrected chi connectivity index (χ0v) is 19.6. The highest BCUT2D eigenvalue weighted by Crippen LogP contribution is 2.80. The van der Waals surface area contributed by atoms with Gasteiger partial charge in [-0.1, -0.05) is 60.7 Å². The number of barbiturate groups is 1. The van der Waals surface area contributed by atoms with Crippen molar-refractivity contribution in [3.05, 3.63) is 71.8 Å². The van der Waals surface area contributed by atoms with Crippen LogP contribution < -0.4 is 16.0 Å². The Morgan fingerprint density at radius 3 is 2.03 bits per heavy atom. The quantitative estimate of drug-likeness (QED) is 0.425. The summed E-state index contributed by atoms with van der Waals surface area (Å²) in [7, 11) is 1.31. The molecule has 4 atom stereocenters. The number of imide groups is 2. The van der Waals surface area contributed by atoms with Gasteiger partial charge in [-0.3, -0.25) is 30.3 Å². The molecule has 9 heteroatoms. The standard InChI is InChI=1S/C25H25N3O5S/c1-33-19(29)18-23(15-9-5-3-6-10-15)17(13-14-34-2)28-25(20(30)26-22(32)27-21(25)31)24(18,23)16-11-7-4-8-12-16/h3-12,17-18,28H,13-14H2,1-2H3,(H2,26,27,30,31,32)/t17-,18-,23-,24+/m1/s1. The number of ether oxygens (including phenoxy) is 1. The molecule has 3 aliphatic rings. The molecular weight excluding hydrogens is 454 g/mol. The minimum Gasteiger partial charge on any atom is -0.469 e. The molecular formula is C25H25N3O5S. The molecule has 2 aromatic carbocycles. The van der Waals surface area contributed by atoms with E-state index in [4.69, 9.17) is 4.74 Å². The van der Waals surface area contributed by atoms with Crippen molar-refractivity contribution in [1.29, 1.82) is 0 Å². The molecule has 1 saturated carbocycles. The summed E-state index contributed by atoms with van der Waals surface area (Å²) >= 11 is 1.64. The average molecular weight is 480 g/mol. The third-order valence-corrected chi connectivity index (χ3v) is 8.30. The summed E-state index contributed by atoms with van der Waals surface area (Å²) in [5.41, 5.74) is -2.66. The van der Waals surface area contributed by atoms with Crippen LogP contribution in [0.2, 0.25) is 0 Å². The topological polar surface area (TPSA) is 114 Å². The number of hydrogen-bond donors (Lipinski definition) is 3. The largest absolute Gasteiger partial charge is 0.469 e.